The van der Waals surface area contributed by atoms with Crippen molar-refractivity contribution in [1.29, 1.82) is 0 Å². The molecular weight excluding hydrogens is 821 g/mol. The number of imide groups is 2. The second kappa shape index (κ2) is 18.5. The number of halogens is 2. The number of alkyl halides is 2. The van der Waals surface area contributed by atoms with E-state index in [-0.39, 0.29) is 47.4 Å². The number of amides is 5. The highest BCUT2D eigenvalue weighted by molar-refractivity contribution is 6.25. The Morgan fingerprint density at radius 2 is 1.75 bits per heavy atom. The van der Waals surface area contributed by atoms with Crippen molar-refractivity contribution in [2.24, 2.45) is 5.92 Å². The average Bonchev–Trinajstić information content (AvgIpc) is 3.99. The van der Waals surface area contributed by atoms with Gasteiger partial charge in [0.2, 0.25) is 11.8 Å². The highest BCUT2D eigenvalue weighted by Gasteiger charge is 2.45. The molecule has 1 aromatic carbocycles. The number of piperidine rings is 2. The first-order valence-corrected chi connectivity index (χ1v) is 21.9. The maximum atomic E-state index is 14.2. The summed E-state index contributed by atoms with van der Waals surface area (Å²) >= 11 is 0. The van der Waals surface area contributed by atoms with Gasteiger partial charge >= 0.3 is 0 Å². The van der Waals surface area contributed by atoms with Crippen LogP contribution in [0.3, 0.4) is 0 Å². The SMILES string of the molecule is O=C1CCC(N2C(=O)c3cccc(NCCCOC4CCN(C[C@H]5CC[C@H](n6cc(NC(=O)c7cnn8ccc(N9CCOCC9)nc78)c(C(F)F)n6)CC5)CC4)c3C2=O)C(=O)N1. The molecule has 4 aromatic rings. The summed E-state index contributed by atoms with van der Waals surface area (Å²) in [5, 5.41) is 16.7. The lowest BCUT2D eigenvalue weighted by molar-refractivity contribution is -0.136. The van der Waals surface area contributed by atoms with Gasteiger partial charge in [-0.25, -0.2) is 18.3 Å². The van der Waals surface area contributed by atoms with Gasteiger partial charge in [0.15, 0.2) is 11.3 Å². The monoisotopic (exact) mass is 871 g/mol. The number of nitrogens with one attached hydrogen (secondary N) is 3. The molecule has 63 heavy (non-hydrogen) atoms. The van der Waals surface area contributed by atoms with Gasteiger partial charge in [-0.15, -0.1) is 0 Å². The van der Waals surface area contributed by atoms with Crippen molar-refractivity contribution in [1.82, 2.24) is 39.5 Å². The molecule has 3 saturated heterocycles. The van der Waals surface area contributed by atoms with Crippen LogP contribution in [0.5, 0.6) is 0 Å². The van der Waals surface area contributed by atoms with Crippen LogP contribution in [-0.2, 0) is 19.1 Å². The van der Waals surface area contributed by atoms with E-state index in [1.807, 2.05) is 6.07 Å². The zero-order chi connectivity index (χ0) is 43.6. The lowest BCUT2D eigenvalue weighted by Crippen LogP contribution is -2.54. The molecule has 3 aromatic heterocycles. The first-order chi connectivity index (χ1) is 30.6. The fourth-order valence-electron chi connectivity index (χ4n) is 9.45. The van der Waals surface area contributed by atoms with Crippen LogP contribution >= 0.6 is 0 Å². The Hall–Kier alpha value is -5.86. The molecule has 1 aliphatic carbocycles. The zero-order valence-corrected chi connectivity index (χ0v) is 34.8. The molecule has 1 atom stereocenters. The van der Waals surface area contributed by atoms with E-state index in [9.17, 15) is 32.8 Å². The summed E-state index contributed by atoms with van der Waals surface area (Å²) in [7, 11) is 0. The molecule has 3 N–H and O–H groups in total. The van der Waals surface area contributed by atoms with Crippen LogP contribution in [0.2, 0.25) is 0 Å². The van der Waals surface area contributed by atoms with Crippen molar-refractivity contribution < 1.29 is 42.2 Å². The van der Waals surface area contributed by atoms with Gasteiger partial charge in [0.25, 0.3) is 24.1 Å². The van der Waals surface area contributed by atoms with Gasteiger partial charge in [0.05, 0.1) is 48.4 Å². The number of carbonyl (C=O) groups is 5. The van der Waals surface area contributed by atoms with E-state index in [0.29, 0.717) is 68.9 Å². The Balaban J connectivity index is 0.702. The molecule has 20 heteroatoms. The minimum absolute atomic E-state index is 0.0178. The van der Waals surface area contributed by atoms with E-state index in [0.717, 1.165) is 63.1 Å². The summed E-state index contributed by atoms with van der Waals surface area (Å²) in [6.07, 6.45) is 8.09. The van der Waals surface area contributed by atoms with Crippen molar-refractivity contribution >= 4 is 52.4 Å². The summed E-state index contributed by atoms with van der Waals surface area (Å²) in [5.41, 5.74) is 1.03. The number of fused-ring (bicyclic) bond motifs is 2. The number of benzene rings is 1. The average molecular weight is 872 g/mol. The van der Waals surface area contributed by atoms with Crippen molar-refractivity contribution in [3.63, 3.8) is 0 Å². The fourth-order valence-corrected chi connectivity index (χ4v) is 9.45. The fraction of sp³-hybridized carbons (Fsp3) is 0.535. The third-order valence-corrected chi connectivity index (χ3v) is 12.8. The topological polar surface area (TPSA) is 198 Å². The van der Waals surface area contributed by atoms with E-state index >= 15 is 0 Å². The third-order valence-electron chi connectivity index (χ3n) is 12.8. The van der Waals surface area contributed by atoms with Gasteiger partial charge in [0, 0.05) is 70.4 Å². The number of rotatable bonds is 14. The Morgan fingerprint density at radius 1 is 0.952 bits per heavy atom. The maximum Gasteiger partial charge on any atom is 0.284 e. The molecule has 0 radical (unpaired) electrons. The van der Waals surface area contributed by atoms with Gasteiger partial charge in [-0.1, -0.05) is 6.07 Å². The minimum Gasteiger partial charge on any atom is -0.384 e. The number of anilines is 3. The van der Waals surface area contributed by atoms with Crippen molar-refractivity contribution in [2.45, 2.75) is 82.4 Å². The number of ether oxygens (including phenoxy) is 2. The normalized spacial score (nSPS) is 22.6. The molecule has 1 unspecified atom stereocenters. The number of hydrogen-bond acceptors (Lipinski definition) is 13. The number of likely N-dealkylation sites (tertiary alicyclic amines) is 1. The molecule has 5 aliphatic rings. The molecular formula is C43H51F2N11O7. The summed E-state index contributed by atoms with van der Waals surface area (Å²) in [6, 6.07) is 5.77. The standard InChI is InChI=1S/C43H51F2N11O7/c44-38(45)37-32(48-40(58)30-23-47-54-17-13-34(49-39(30)54)53-18-21-62-22-19-53)25-55(51-37)27-7-5-26(6-8-27)24-52-15-11-28(12-16-52)63-20-2-14-46-31-4-1-3-29-36(31)43(61)56(42(29)60)33-9-10-35(57)50-41(33)59/h1,3-4,13,17,23,25-28,33,38,46H,2,5-12,14-16,18-22,24H2,(H,48,58)(H,50,57,59)/t26-,27-,33?. The summed E-state index contributed by atoms with van der Waals surface area (Å²) < 4.78 is 43.2. The second-order valence-electron chi connectivity index (χ2n) is 16.9. The van der Waals surface area contributed by atoms with Gasteiger partial charge in [0.1, 0.15) is 17.4 Å². The Bertz CT molecular complexity index is 2370. The second-order valence-corrected chi connectivity index (χ2v) is 16.9. The molecule has 18 nitrogen and oxygen atoms in total. The van der Waals surface area contributed by atoms with Crippen molar-refractivity contribution in [2.75, 3.05) is 74.6 Å². The van der Waals surface area contributed by atoms with Gasteiger partial charge in [-0.2, -0.15) is 10.2 Å². The van der Waals surface area contributed by atoms with Gasteiger partial charge < -0.3 is 29.9 Å². The first-order valence-electron chi connectivity index (χ1n) is 21.9. The molecule has 0 spiro atoms. The molecule has 7 heterocycles. The molecule has 1 saturated carbocycles. The highest BCUT2D eigenvalue weighted by Crippen LogP contribution is 2.36. The Kier molecular flexibility index (Phi) is 12.4. The van der Waals surface area contributed by atoms with E-state index in [4.69, 9.17) is 9.47 Å². The predicted molar refractivity (Wildman–Crippen MR) is 224 cm³/mol. The van der Waals surface area contributed by atoms with Crippen LogP contribution in [0.1, 0.15) is 107 Å². The molecule has 4 fully saturated rings. The third kappa shape index (κ3) is 9.01. The Labute approximate surface area is 361 Å². The van der Waals surface area contributed by atoms with Crippen molar-refractivity contribution in [3.8, 4) is 0 Å². The van der Waals surface area contributed by atoms with Crippen LogP contribution in [-0.4, -0.2) is 135 Å². The smallest absolute Gasteiger partial charge is 0.284 e. The van der Waals surface area contributed by atoms with Crippen LogP contribution in [0.4, 0.5) is 26.0 Å². The van der Waals surface area contributed by atoms with Crippen LogP contribution in [0.25, 0.3) is 5.65 Å². The van der Waals surface area contributed by atoms with E-state index in [1.54, 1.807) is 29.1 Å². The number of hydrogen-bond donors (Lipinski definition) is 3. The molecule has 9 rings (SSSR count). The van der Waals surface area contributed by atoms with Gasteiger partial charge in [-0.3, -0.25) is 38.9 Å². The number of carbonyl (C=O) groups excluding carboxylic acids is 5. The molecule has 0 bridgehead atoms. The summed E-state index contributed by atoms with van der Waals surface area (Å²) in [6.45, 7) is 6.38. The van der Waals surface area contributed by atoms with E-state index in [1.165, 1.54) is 16.9 Å². The molecule has 5 amide bonds. The van der Waals surface area contributed by atoms with Crippen LogP contribution in [0.15, 0.2) is 42.9 Å². The largest absolute Gasteiger partial charge is 0.384 e. The summed E-state index contributed by atoms with van der Waals surface area (Å²) in [4.78, 5) is 74.2. The quantitative estimate of drug-likeness (QED) is 0.121. The van der Waals surface area contributed by atoms with E-state index in [2.05, 4.69) is 40.9 Å². The zero-order valence-electron chi connectivity index (χ0n) is 34.8. The number of aromatic nitrogens is 5. The minimum atomic E-state index is -2.87. The predicted octanol–water partition coefficient (Wildman–Crippen LogP) is 4.07. The lowest BCUT2D eigenvalue weighted by Gasteiger charge is -2.36. The molecule has 4 aliphatic heterocycles. The van der Waals surface area contributed by atoms with E-state index < -0.39 is 47.7 Å². The van der Waals surface area contributed by atoms with Crippen LogP contribution < -0.4 is 20.9 Å². The maximum absolute atomic E-state index is 14.2. The van der Waals surface area contributed by atoms with Crippen molar-refractivity contribution in [3.05, 3.63) is 65.2 Å². The summed E-state index contributed by atoms with van der Waals surface area (Å²) in [5.74, 6) is -1.55. The lowest BCUT2D eigenvalue weighted by atomic mass is 9.85. The number of nitrogens with zero attached hydrogens (tertiary/aromatic N) is 8. The first kappa shape index (κ1) is 42.4. The van der Waals surface area contributed by atoms with Crippen LogP contribution in [0, 0.1) is 5.92 Å². The highest BCUT2D eigenvalue weighted by atomic mass is 19.3. The number of morpholine rings is 1. The van der Waals surface area contributed by atoms with Gasteiger partial charge in [-0.05, 0) is 75.5 Å². The Morgan fingerprint density at radius 3 is 2.51 bits per heavy atom. The molecule has 334 valence electrons.